The van der Waals surface area contributed by atoms with Gasteiger partial charge in [-0.3, -0.25) is 0 Å². The van der Waals surface area contributed by atoms with Gasteiger partial charge in [0.25, 0.3) is 0 Å². The zero-order chi connectivity index (χ0) is 11.1. The Kier molecular flexibility index (Phi) is 5.44. The largest absolute Gasteiger partial charge is 0.310 e. The molecule has 0 radical (unpaired) electrons. The van der Waals surface area contributed by atoms with Crippen LogP contribution < -0.4 is 5.32 Å². The molecule has 0 aromatic heterocycles. The molecule has 0 spiro atoms. The van der Waals surface area contributed by atoms with Crippen LogP contribution in [0.5, 0.6) is 0 Å². The Balaban J connectivity index is 2.33. The average molecular weight is 224 g/mol. The molecule has 0 aliphatic heterocycles. The molecule has 2 heteroatoms. The minimum Gasteiger partial charge on any atom is -0.310 e. The summed E-state index contributed by atoms with van der Waals surface area (Å²) in [5.41, 5.74) is 4.16. The van der Waals surface area contributed by atoms with Gasteiger partial charge in [-0.15, -0.1) is 0 Å². The van der Waals surface area contributed by atoms with Gasteiger partial charge in [-0.1, -0.05) is 41.9 Å². The van der Waals surface area contributed by atoms with E-state index in [0.29, 0.717) is 6.04 Å². The first-order valence-electron chi connectivity index (χ1n) is 5.25. The molecule has 0 amide bonds. The zero-order valence-corrected chi connectivity index (χ0v) is 10.1. The number of nitrogens with one attached hydrogen (secondary N) is 1. The normalized spacial score (nSPS) is 13.9. The maximum atomic E-state index is 5.59. The second kappa shape index (κ2) is 6.65. The fourth-order valence-corrected chi connectivity index (χ4v) is 1.49. The van der Waals surface area contributed by atoms with Crippen LogP contribution in [0.25, 0.3) is 0 Å². The van der Waals surface area contributed by atoms with Gasteiger partial charge in [0.05, 0.1) is 0 Å². The van der Waals surface area contributed by atoms with Crippen molar-refractivity contribution in [3.8, 4) is 0 Å². The molecule has 1 unspecified atom stereocenters. The molecule has 1 atom stereocenters. The van der Waals surface area contributed by atoms with Crippen LogP contribution in [0.3, 0.4) is 0 Å². The number of hydrogen-bond acceptors (Lipinski definition) is 1. The first-order chi connectivity index (χ1) is 7.22. The lowest BCUT2D eigenvalue weighted by Gasteiger charge is -2.13. The standard InChI is InChI=1S/C13H18ClN/c1-11(9-14)10-15-12(2)8-13-6-4-3-5-7-13/h3-7,9,12,15H,8,10H2,1-2H3/b11-9+. The van der Waals surface area contributed by atoms with Gasteiger partial charge in [0.1, 0.15) is 0 Å². The Morgan fingerprint density at radius 2 is 2.07 bits per heavy atom. The van der Waals surface area contributed by atoms with Crippen molar-refractivity contribution in [1.82, 2.24) is 5.32 Å². The molecule has 1 rings (SSSR count). The smallest absolute Gasteiger partial charge is 0.0176 e. The van der Waals surface area contributed by atoms with Crippen molar-refractivity contribution >= 4 is 11.6 Å². The monoisotopic (exact) mass is 223 g/mol. The summed E-state index contributed by atoms with van der Waals surface area (Å²) < 4.78 is 0. The number of rotatable bonds is 5. The van der Waals surface area contributed by atoms with E-state index in [-0.39, 0.29) is 0 Å². The molecular formula is C13H18ClN. The van der Waals surface area contributed by atoms with Crippen LogP contribution in [0, 0.1) is 0 Å². The van der Waals surface area contributed by atoms with Crippen LogP contribution in [-0.2, 0) is 6.42 Å². The van der Waals surface area contributed by atoms with Gasteiger partial charge in [0.15, 0.2) is 0 Å². The second-order valence-electron chi connectivity index (χ2n) is 3.93. The molecule has 0 aliphatic carbocycles. The summed E-state index contributed by atoms with van der Waals surface area (Å²) in [7, 11) is 0. The Labute approximate surface area is 97.1 Å². The Morgan fingerprint density at radius 3 is 2.67 bits per heavy atom. The highest BCUT2D eigenvalue weighted by atomic mass is 35.5. The van der Waals surface area contributed by atoms with Crippen molar-refractivity contribution in [2.24, 2.45) is 0 Å². The van der Waals surface area contributed by atoms with Crippen molar-refractivity contribution < 1.29 is 0 Å². The van der Waals surface area contributed by atoms with E-state index in [1.54, 1.807) is 5.54 Å². The molecule has 0 saturated carbocycles. The van der Waals surface area contributed by atoms with Crippen molar-refractivity contribution in [3.05, 3.63) is 47.0 Å². The lowest BCUT2D eigenvalue weighted by molar-refractivity contribution is 0.573. The zero-order valence-electron chi connectivity index (χ0n) is 9.33. The van der Waals surface area contributed by atoms with E-state index >= 15 is 0 Å². The number of halogens is 1. The fraction of sp³-hybridized carbons (Fsp3) is 0.385. The average Bonchev–Trinajstić information content (AvgIpc) is 2.27. The number of hydrogen-bond donors (Lipinski definition) is 1. The van der Waals surface area contributed by atoms with E-state index < -0.39 is 0 Å². The van der Waals surface area contributed by atoms with Gasteiger partial charge in [-0.05, 0) is 31.4 Å². The SMILES string of the molecule is C/C(=C\Cl)CNC(C)Cc1ccccc1. The van der Waals surface area contributed by atoms with Gasteiger partial charge in [-0.2, -0.15) is 0 Å². The summed E-state index contributed by atoms with van der Waals surface area (Å²) in [5.74, 6) is 0. The molecule has 1 N–H and O–H groups in total. The second-order valence-corrected chi connectivity index (χ2v) is 4.15. The molecule has 1 aromatic carbocycles. The Morgan fingerprint density at radius 1 is 1.40 bits per heavy atom. The lowest BCUT2D eigenvalue weighted by atomic mass is 10.1. The van der Waals surface area contributed by atoms with E-state index in [1.165, 1.54) is 5.56 Å². The first-order valence-corrected chi connectivity index (χ1v) is 5.69. The third-order valence-electron chi connectivity index (χ3n) is 2.30. The van der Waals surface area contributed by atoms with Gasteiger partial charge < -0.3 is 5.32 Å². The molecule has 0 saturated heterocycles. The van der Waals surface area contributed by atoms with E-state index in [0.717, 1.165) is 18.5 Å². The van der Waals surface area contributed by atoms with Crippen LogP contribution in [0.15, 0.2) is 41.4 Å². The minimum absolute atomic E-state index is 0.471. The first kappa shape index (κ1) is 12.3. The van der Waals surface area contributed by atoms with E-state index in [1.807, 2.05) is 13.0 Å². The van der Waals surface area contributed by atoms with Crippen molar-refractivity contribution in [1.29, 1.82) is 0 Å². The highest BCUT2D eigenvalue weighted by Crippen LogP contribution is 2.03. The van der Waals surface area contributed by atoms with Crippen LogP contribution in [-0.4, -0.2) is 12.6 Å². The molecule has 15 heavy (non-hydrogen) atoms. The molecule has 0 bridgehead atoms. The minimum atomic E-state index is 0.471. The summed E-state index contributed by atoms with van der Waals surface area (Å²) in [6.07, 6.45) is 1.05. The lowest BCUT2D eigenvalue weighted by Crippen LogP contribution is -2.29. The molecule has 1 nitrogen and oxygen atoms in total. The van der Waals surface area contributed by atoms with Crippen LogP contribution in [0.2, 0.25) is 0 Å². The van der Waals surface area contributed by atoms with Crippen LogP contribution >= 0.6 is 11.6 Å². The summed E-state index contributed by atoms with van der Waals surface area (Å²) >= 11 is 5.59. The molecule has 1 aromatic rings. The Bertz CT molecular complexity index is 306. The predicted molar refractivity (Wildman–Crippen MR) is 67.2 cm³/mol. The molecule has 0 fully saturated rings. The highest BCUT2D eigenvalue weighted by molar-refractivity contribution is 6.25. The van der Waals surface area contributed by atoms with E-state index in [4.69, 9.17) is 11.6 Å². The summed E-state index contributed by atoms with van der Waals surface area (Å²) in [4.78, 5) is 0. The van der Waals surface area contributed by atoms with Gasteiger partial charge in [0, 0.05) is 18.1 Å². The summed E-state index contributed by atoms with van der Waals surface area (Å²) in [6.45, 7) is 5.07. The molecule has 0 heterocycles. The van der Waals surface area contributed by atoms with E-state index in [9.17, 15) is 0 Å². The van der Waals surface area contributed by atoms with Crippen molar-refractivity contribution in [3.63, 3.8) is 0 Å². The number of benzene rings is 1. The van der Waals surface area contributed by atoms with Crippen LogP contribution in [0.4, 0.5) is 0 Å². The fourth-order valence-electron chi connectivity index (χ4n) is 1.41. The molecule has 0 aliphatic rings. The topological polar surface area (TPSA) is 12.0 Å². The predicted octanol–water partition coefficient (Wildman–Crippen LogP) is 3.35. The van der Waals surface area contributed by atoms with Gasteiger partial charge >= 0.3 is 0 Å². The van der Waals surface area contributed by atoms with E-state index in [2.05, 4.69) is 36.5 Å². The van der Waals surface area contributed by atoms with Gasteiger partial charge in [0.2, 0.25) is 0 Å². The van der Waals surface area contributed by atoms with Crippen LogP contribution in [0.1, 0.15) is 19.4 Å². The Hall–Kier alpha value is -0.790. The maximum absolute atomic E-state index is 5.59. The highest BCUT2D eigenvalue weighted by Gasteiger charge is 2.02. The summed E-state index contributed by atoms with van der Waals surface area (Å²) in [6, 6.07) is 11.0. The quantitative estimate of drug-likeness (QED) is 0.808. The van der Waals surface area contributed by atoms with Gasteiger partial charge in [-0.25, -0.2) is 0 Å². The molecule has 82 valence electrons. The third kappa shape index (κ3) is 5.01. The van der Waals surface area contributed by atoms with Crippen molar-refractivity contribution in [2.75, 3.05) is 6.54 Å². The molecular weight excluding hydrogens is 206 g/mol. The summed E-state index contributed by atoms with van der Waals surface area (Å²) in [5, 5.41) is 3.43. The third-order valence-corrected chi connectivity index (χ3v) is 2.67. The van der Waals surface area contributed by atoms with Crippen molar-refractivity contribution in [2.45, 2.75) is 26.3 Å². The maximum Gasteiger partial charge on any atom is 0.0176 e.